The maximum Gasteiger partial charge on any atom is 0.332 e. The van der Waals surface area contributed by atoms with Crippen LogP contribution in [-0.2, 0) is 151 Å². The van der Waals surface area contributed by atoms with Crippen LogP contribution in [0.2, 0.25) is 0 Å². The first-order valence-corrected chi connectivity index (χ1v) is 29.0. The van der Waals surface area contributed by atoms with Gasteiger partial charge in [0.2, 0.25) is 18.1 Å². The van der Waals surface area contributed by atoms with Gasteiger partial charge in [-0.15, -0.1) is 0 Å². The molecule has 32 heteroatoms. The van der Waals surface area contributed by atoms with E-state index in [-0.39, 0.29) is 85.9 Å². The number of carbonyl (C=O) groups is 11. The fourth-order valence-corrected chi connectivity index (χ4v) is 8.03. The number of amides is 2. The summed E-state index contributed by atoms with van der Waals surface area (Å²) in [6, 6.07) is 16.6. The Labute approximate surface area is 532 Å². The number of esters is 9. The first-order chi connectivity index (χ1) is 43.9. The molecule has 2 amide bonds. The minimum Gasteiger partial charge on any atom is -0.463 e. The van der Waals surface area contributed by atoms with Gasteiger partial charge in [0.05, 0.1) is 79.3 Å². The summed E-state index contributed by atoms with van der Waals surface area (Å²) in [7, 11) is 0. The highest BCUT2D eigenvalue weighted by molar-refractivity contribution is 5.75. The monoisotopic (exact) mass is 1310 g/mol. The molecule has 2 aliphatic rings. The first kappa shape index (κ1) is 80.3. The lowest BCUT2D eigenvalue weighted by molar-refractivity contribution is -0.279. The summed E-state index contributed by atoms with van der Waals surface area (Å²) >= 11 is 0. The SMILES string of the molecule is CC(=O)N[C@H]1[C@H](OC(C)=O)O[C@H](COC(C)=O)[C@H](OC(C)=O)[C@@H]1OC(C)=O.CC(=O)N[C@H]1[C@H](OCCOCCOCCOCC(=O)OCc2ccccc2)O[C@H](COC(C)=O)[C@H](OC(C)=O)[C@@H]1OC(C)=O.O=C(COCCOCCOCCO)OCc1ccccc1. The smallest absolute Gasteiger partial charge is 0.332 e. The number of carbonyl (C=O) groups excluding carboxylic acids is 11. The molecule has 2 heterocycles. The summed E-state index contributed by atoms with van der Waals surface area (Å²) in [4.78, 5) is 127. The topological polar surface area (TPSA) is 398 Å². The van der Waals surface area contributed by atoms with Gasteiger partial charge in [0.1, 0.15) is 63.9 Å². The number of hydrogen-bond donors (Lipinski definition) is 3. The van der Waals surface area contributed by atoms with E-state index in [1.165, 1.54) is 20.8 Å². The highest BCUT2D eigenvalue weighted by Gasteiger charge is 2.53. The molecule has 2 aromatic rings. The van der Waals surface area contributed by atoms with Gasteiger partial charge < -0.3 is 101 Å². The lowest BCUT2D eigenvalue weighted by Gasteiger charge is -2.44. The second-order valence-electron chi connectivity index (χ2n) is 19.5. The Kier molecular flexibility index (Phi) is 41.2. The Morgan fingerprint density at radius 1 is 0.380 bits per heavy atom. The molecule has 0 aliphatic carbocycles. The van der Waals surface area contributed by atoms with Gasteiger partial charge in [-0.05, 0) is 11.1 Å². The van der Waals surface area contributed by atoms with E-state index >= 15 is 0 Å². The molecule has 2 aromatic carbocycles. The van der Waals surface area contributed by atoms with Crippen LogP contribution in [0.25, 0.3) is 0 Å². The Morgan fingerprint density at radius 2 is 0.707 bits per heavy atom. The van der Waals surface area contributed by atoms with Crippen molar-refractivity contribution < 1.29 is 143 Å². The second kappa shape index (κ2) is 47.2. The average Bonchev–Trinajstić information content (AvgIpc) is 0.809. The van der Waals surface area contributed by atoms with Crippen molar-refractivity contribution in [1.29, 1.82) is 0 Å². The quantitative estimate of drug-likeness (QED) is 0.0469. The van der Waals surface area contributed by atoms with Gasteiger partial charge in [0, 0.05) is 62.3 Å². The molecule has 2 fully saturated rings. The summed E-state index contributed by atoms with van der Waals surface area (Å²) in [6.07, 6.45) is -9.62. The number of ether oxygens (including phenoxy) is 18. The molecular weight excluding hydrogens is 1230 g/mol. The Morgan fingerprint density at radius 3 is 1.05 bits per heavy atom. The predicted molar refractivity (Wildman–Crippen MR) is 310 cm³/mol. The van der Waals surface area contributed by atoms with E-state index in [9.17, 15) is 52.7 Å². The van der Waals surface area contributed by atoms with Crippen molar-refractivity contribution in [3.63, 3.8) is 0 Å². The van der Waals surface area contributed by atoms with Crippen LogP contribution in [0.3, 0.4) is 0 Å². The first-order valence-electron chi connectivity index (χ1n) is 29.0. The number of benzene rings is 2. The Bertz CT molecular complexity index is 2540. The van der Waals surface area contributed by atoms with E-state index in [4.69, 9.17) is 90.4 Å². The second-order valence-corrected chi connectivity index (χ2v) is 19.5. The molecule has 4 rings (SSSR count). The molecule has 516 valence electrons. The van der Waals surface area contributed by atoms with Crippen LogP contribution < -0.4 is 10.6 Å². The van der Waals surface area contributed by atoms with Gasteiger partial charge in [-0.3, -0.25) is 43.2 Å². The fraction of sp³-hybridized carbons (Fsp3) is 0.617. The maximum absolute atomic E-state index is 12.0. The number of hydrogen-bond acceptors (Lipinski definition) is 30. The summed E-state index contributed by atoms with van der Waals surface area (Å²) in [5, 5.41) is 13.6. The molecule has 10 atom stereocenters. The normalized spacial score (nSPS) is 20.5. The van der Waals surface area contributed by atoms with E-state index in [0.29, 0.717) is 33.0 Å². The van der Waals surface area contributed by atoms with Crippen molar-refractivity contribution in [2.75, 3.05) is 106 Å². The lowest BCUT2D eigenvalue weighted by Crippen LogP contribution is -2.66. The lowest BCUT2D eigenvalue weighted by atomic mass is 9.96. The van der Waals surface area contributed by atoms with Crippen LogP contribution in [-0.4, -0.2) is 238 Å². The maximum atomic E-state index is 12.0. The summed E-state index contributed by atoms with van der Waals surface area (Å²) in [5.41, 5.74) is 1.83. The molecule has 32 nitrogen and oxygen atoms in total. The average molecular weight is 1320 g/mol. The largest absolute Gasteiger partial charge is 0.463 e. The van der Waals surface area contributed by atoms with Crippen LogP contribution in [0.15, 0.2) is 60.7 Å². The van der Waals surface area contributed by atoms with E-state index < -0.39 is 127 Å². The van der Waals surface area contributed by atoms with E-state index in [0.717, 1.165) is 52.7 Å². The number of aliphatic hydroxyl groups is 1. The zero-order valence-corrected chi connectivity index (χ0v) is 53.1. The minimum absolute atomic E-state index is 0.000262. The number of aliphatic hydroxyl groups excluding tert-OH is 1. The van der Waals surface area contributed by atoms with Crippen LogP contribution in [0.5, 0.6) is 0 Å². The van der Waals surface area contributed by atoms with Crippen LogP contribution >= 0.6 is 0 Å². The van der Waals surface area contributed by atoms with Crippen molar-refractivity contribution in [2.24, 2.45) is 0 Å². The van der Waals surface area contributed by atoms with E-state index in [2.05, 4.69) is 10.6 Å². The van der Waals surface area contributed by atoms with Gasteiger partial charge in [-0.2, -0.15) is 0 Å². The summed E-state index contributed by atoms with van der Waals surface area (Å²) < 4.78 is 95.1. The van der Waals surface area contributed by atoms with Crippen LogP contribution in [0.1, 0.15) is 73.4 Å². The van der Waals surface area contributed by atoms with Crippen molar-refractivity contribution in [3.05, 3.63) is 71.8 Å². The van der Waals surface area contributed by atoms with E-state index in [1.54, 1.807) is 0 Å². The van der Waals surface area contributed by atoms with E-state index in [1.807, 2.05) is 60.7 Å². The minimum atomic E-state index is -1.37. The molecular formula is C60H86N2O30. The zero-order chi connectivity index (χ0) is 68.2. The molecule has 2 saturated heterocycles. The van der Waals surface area contributed by atoms with Crippen molar-refractivity contribution >= 4 is 65.5 Å². The van der Waals surface area contributed by atoms with Gasteiger partial charge in [-0.25, -0.2) is 9.59 Å². The third-order valence-electron chi connectivity index (χ3n) is 11.6. The number of rotatable bonds is 37. The van der Waals surface area contributed by atoms with Crippen LogP contribution in [0, 0.1) is 0 Å². The van der Waals surface area contributed by atoms with Crippen LogP contribution in [0.4, 0.5) is 0 Å². The van der Waals surface area contributed by atoms with Gasteiger partial charge in [0.25, 0.3) is 0 Å². The summed E-state index contributed by atoms with van der Waals surface area (Å²) in [6.45, 7) is 12.8. The molecule has 0 radical (unpaired) electrons. The molecule has 0 saturated carbocycles. The third-order valence-corrected chi connectivity index (χ3v) is 11.6. The standard InChI is InChI=1S/C29H41NO14.C16H23NO10.C15H22O6/c1-19(31)30-26-28(43-22(4)34)27(42-21(3)33)24(17-40-20(2)32)44-29(26)39-15-14-37-11-10-36-12-13-38-18-25(35)41-16-23-8-6-5-7-9-23;1-7(18)17-13-15(25-10(4)21)14(24-9(3)20)12(6-23-8(2)19)27-16(13)26-11(5)22;16-6-7-18-8-9-19-10-11-20-13-15(17)21-12-14-4-2-1-3-5-14/h5-9,24,26-29H,10-18H2,1-4H3,(H,30,31);12-16H,6H2,1-5H3,(H,17,18);1-5,16H,6-13H2/t24-,26-,27+,28-,29-;12-,13-,14+,15-,16-;/m11./s1. The molecule has 0 bridgehead atoms. The Balaban J connectivity index is 0.000000511. The van der Waals surface area contributed by atoms with Crippen molar-refractivity contribution in [2.45, 2.75) is 137 Å². The fourth-order valence-electron chi connectivity index (χ4n) is 8.03. The molecule has 0 unspecified atom stereocenters. The molecule has 0 spiro atoms. The predicted octanol–water partition coefficient (Wildman–Crippen LogP) is 0.430. The van der Waals surface area contributed by atoms with Crippen molar-refractivity contribution in [3.8, 4) is 0 Å². The van der Waals surface area contributed by atoms with Gasteiger partial charge >= 0.3 is 53.7 Å². The van der Waals surface area contributed by atoms with Gasteiger partial charge in [0.15, 0.2) is 30.7 Å². The Hall–Kier alpha value is -7.79. The summed E-state index contributed by atoms with van der Waals surface area (Å²) in [5.74, 6) is -6.70. The molecule has 0 aromatic heterocycles. The van der Waals surface area contributed by atoms with Crippen molar-refractivity contribution in [1.82, 2.24) is 10.6 Å². The molecule has 92 heavy (non-hydrogen) atoms. The van der Waals surface area contributed by atoms with Gasteiger partial charge in [-0.1, -0.05) is 60.7 Å². The highest BCUT2D eigenvalue weighted by atomic mass is 16.7. The highest BCUT2D eigenvalue weighted by Crippen LogP contribution is 2.30. The third kappa shape index (κ3) is 36.9. The zero-order valence-electron chi connectivity index (χ0n) is 53.1. The molecule has 3 N–H and O–H groups in total. The molecule has 2 aliphatic heterocycles. The number of nitrogens with one attached hydrogen (secondary N) is 2.